The van der Waals surface area contributed by atoms with Crippen molar-refractivity contribution in [2.24, 2.45) is 10.8 Å². The van der Waals surface area contributed by atoms with Crippen molar-refractivity contribution < 1.29 is 9.47 Å². The monoisotopic (exact) mass is 270 g/mol. The van der Waals surface area contributed by atoms with E-state index in [-0.39, 0.29) is 10.8 Å². The standard InChI is InChI=1S/C17H34O2/c1-14(2)18-12-16(5,6)10-9-11-17(7,8)13-19-15(3)4/h9-10,14-15H,11-13H2,1-8H3/b10-9+. The van der Waals surface area contributed by atoms with Gasteiger partial charge in [-0.15, -0.1) is 0 Å². The Bertz CT molecular complexity index is 262. The molecule has 19 heavy (non-hydrogen) atoms. The normalized spacial score (nSPS) is 14.0. The fourth-order valence-corrected chi connectivity index (χ4v) is 1.58. The lowest BCUT2D eigenvalue weighted by Crippen LogP contribution is -2.22. The molecular weight excluding hydrogens is 236 g/mol. The van der Waals surface area contributed by atoms with Crippen molar-refractivity contribution in [3.63, 3.8) is 0 Å². The number of rotatable bonds is 9. The topological polar surface area (TPSA) is 18.5 Å². The van der Waals surface area contributed by atoms with Crippen LogP contribution in [0, 0.1) is 10.8 Å². The zero-order chi connectivity index (χ0) is 15.1. The van der Waals surface area contributed by atoms with E-state index in [1.165, 1.54) is 0 Å². The minimum atomic E-state index is 0.0965. The molecule has 0 atom stereocenters. The molecule has 0 saturated carbocycles. The Morgan fingerprint density at radius 2 is 1.32 bits per heavy atom. The van der Waals surface area contributed by atoms with Crippen LogP contribution in [0.2, 0.25) is 0 Å². The fourth-order valence-electron chi connectivity index (χ4n) is 1.58. The summed E-state index contributed by atoms with van der Waals surface area (Å²) in [5, 5.41) is 0. The minimum Gasteiger partial charge on any atom is -0.378 e. The molecule has 0 unspecified atom stereocenters. The summed E-state index contributed by atoms with van der Waals surface area (Å²) in [6, 6.07) is 0. The maximum Gasteiger partial charge on any atom is 0.0555 e. The number of hydrogen-bond acceptors (Lipinski definition) is 2. The van der Waals surface area contributed by atoms with Gasteiger partial charge in [0.2, 0.25) is 0 Å². The first kappa shape index (κ1) is 18.7. The molecule has 0 saturated heterocycles. The highest BCUT2D eigenvalue weighted by atomic mass is 16.5. The molecule has 0 heterocycles. The van der Waals surface area contributed by atoms with Gasteiger partial charge in [-0.3, -0.25) is 0 Å². The Morgan fingerprint density at radius 3 is 1.79 bits per heavy atom. The molecule has 0 aliphatic heterocycles. The molecule has 2 nitrogen and oxygen atoms in total. The van der Waals surface area contributed by atoms with Gasteiger partial charge < -0.3 is 9.47 Å². The molecule has 0 aromatic rings. The van der Waals surface area contributed by atoms with E-state index in [9.17, 15) is 0 Å². The molecular formula is C17H34O2. The second kappa shape index (κ2) is 8.06. The van der Waals surface area contributed by atoms with Crippen LogP contribution in [-0.4, -0.2) is 25.4 Å². The predicted octanol–water partition coefficient (Wildman–Crippen LogP) is 4.84. The SMILES string of the molecule is CC(C)OCC(C)(C)/C=C/CC(C)(C)COC(C)C. The molecule has 0 aliphatic rings. The molecule has 0 aliphatic carbocycles. The van der Waals surface area contributed by atoms with Crippen LogP contribution in [0.3, 0.4) is 0 Å². The molecule has 0 N–H and O–H groups in total. The third kappa shape index (κ3) is 11.2. The molecule has 0 radical (unpaired) electrons. The van der Waals surface area contributed by atoms with Gasteiger partial charge in [-0.05, 0) is 39.5 Å². The van der Waals surface area contributed by atoms with Crippen LogP contribution in [-0.2, 0) is 9.47 Å². The summed E-state index contributed by atoms with van der Waals surface area (Å²) in [6.45, 7) is 18.8. The second-order valence-electron chi connectivity index (χ2n) is 7.48. The highest BCUT2D eigenvalue weighted by Crippen LogP contribution is 2.25. The quantitative estimate of drug-likeness (QED) is 0.558. The van der Waals surface area contributed by atoms with Gasteiger partial charge in [-0.2, -0.15) is 0 Å². The zero-order valence-electron chi connectivity index (χ0n) is 14.2. The van der Waals surface area contributed by atoms with Gasteiger partial charge in [0.05, 0.1) is 25.4 Å². The van der Waals surface area contributed by atoms with E-state index >= 15 is 0 Å². The Labute approximate surface area is 120 Å². The number of hydrogen-bond donors (Lipinski definition) is 0. The van der Waals surface area contributed by atoms with Gasteiger partial charge in [0.25, 0.3) is 0 Å². The first-order valence-electron chi connectivity index (χ1n) is 7.45. The zero-order valence-corrected chi connectivity index (χ0v) is 14.2. The van der Waals surface area contributed by atoms with Crippen molar-refractivity contribution >= 4 is 0 Å². The second-order valence-corrected chi connectivity index (χ2v) is 7.48. The minimum absolute atomic E-state index is 0.0965. The number of allylic oxidation sites excluding steroid dienone is 1. The highest BCUT2D eigenvalue weighted by Gasteiger charge is 2.19. The Morgan fingerprint density at radius 1 is 0.842 bits per heavy atom. The third-order valence-electron chi connectivity index (χ3n) is 2.84. The largest absolute Gasteiger partial charge is 0.378 e. The van der Waals surface area contributed by atoms with E-state index in [1.54, 1.807) is 0 Å². The van der Waals surface area contributed by atoms with E-state index in [0.717, 1.165) is 19.6 Å². The van der Waals surface area contributed by atoms with Crippen LogP contribution in [0.15, 0.2) is 12.2 Å². The van der Waals surface area contributed by atoms with Crippen LogP contribution >= 0.6 is 0 Å². The third-order valence-corrected chi connectivity index (χ3v) is 2.84. The fraction of sp³-hybridized carbons (Fsp3) is 0.882. The molecule has 0 aromatic carbocycles. The van der Waals surface area contributed by atoms with Crippen LogP contribution in [0.4, 0.5) is 0 Å². The van der Waals surface area contributed by atoms with E-state index in [1.807, 2.05) is 0 Å². The Kier molecular flexibility index (Phi) is 7.92. The van der Waals surface area contributed by atoms with E-state index in [2.05, 4.69) is 67.5 Å². The first-order valence-corrected chi connectivity index (χ1v) is 7.45. The van der Waals surface area contributed by atoms with Crippen LogP contribution in [0.1, 0.15) is 61.8 Å². The van der Waals surface area contributed by atoms with Crippen LogP contribution in [0.5, 0.6) is 0 Å². The van der Waals surface area contributed by atoms with Crippen molar-refractivity contribution in [3.05, 3.63) is 12.2 Å². The van der Waals surface area contributed by atoms with Crippen LogP contribution in [0.25, 0.3) is 0 Å². The van der Waals surface area contributed by atoms with E-state index in [0.29, 0.717) is 12.2 Å². The van der Waals surface area contributed by atoms with E-state index in [4.69, 9.17) is 9.47 Å². The highest BCUT2D eigenvalue weighted by molar-refractivity contribution is 4.97. The summed E-state index contributed by atoms with van der Waals surface area (Å²) < 4.78 is 11.4. The maximum absolute atomic E-state index is 5.71. The number of ether oxygens (including phenoxy) is 2. The smallest absolute Gasteiger partial charge is 0.0555 e. The van der Waals surface area contributed by atoms with Crippen molar-refractivity contribution in [1.29, 1.82) is 0 Å². The summed E-state index contributed by atoms with van der Waals surface area (Å²) in [5.41, 5.74) is 0.287. The summed E-state index contributed by atoms with van der Waals surface area (Å²) in [6.07, 6.45) is 6.17. The molecule has 114 valence electrons. The van der Waals surface area contributed by atoms with Crippen LogP contribution < -0.4 is 0 Å². The van der Waals surface area contributed by atoms with Crippen molar-refractivity contribution in [2.75, 3.05) is 13.2 Å². The Hall–Kier alpha value is -0.340. The van der Waals surface area contributed by atoms with E-state index < -0.39 is 0 Å². The van der Waals surface area contributed by atoms with Gasteiger partial charge in [0, 0.05) is 5.41 Å². The first-order chi connectivity index (χ1) is 8.54. The maximum atomic E-state index is 5.71. The molecule has 2 heteroatoms. The lowest BCUT2D eigenvalue weighted by atomic mass is 9.87. The van der Waals surface area contributed by atoms with Gasteiger partial charge in [-0.25, -0.2) is 0 Å². The predicted molar refractivity (Wildman–Crippen MR) is 83.5 cm³/mol. The summed E-state index contributed by atoms with van der Waals surface area (Å²) in [7, 11) is 0. The average Bonchev–Trinajstić information content (AvgIpc) is 2.23. The lowest BCUT2D eigenvalue weighted by molar-refractivity contribution is 0.0221. The van der Waals surface area contributed by atoms with Crippen molar-refractivity contribution in [3.8, 4) is 0 Å². The lowest BCUT2D eigenvalue weighted by Gasteiger charge is -2.26. The van der Waals surface area contributed by atoms with Crippen molar-refractivity contribution in [1.82, 2.24) is 0 Å². The molecule has 0 fully saturated rings. The summed E-state index contributed by atoms with van der Waals surface area (Å²) >= 11 is 0. The molecule has 0 rings (SSSR count). The summed E-state index contributed by atoms with van der Waals surface area (Å²) in [5.74, 6) is 0. The average molecular weight is 270 g/mol. The molecule has 0 bridgehead atoms. The van der Waals surface area contributed by atoms with Gasteiger partial charge in [0.15, 0.2) is 0 Å². The molecule has 0 aromatic heterocycles. The molecule has 0 amide bonds. The van der Waals surface area contributed by atoms with Gasteiger partial charge in [0.1, 0.15) is 0 Å². The van der Waals surface area contributed by atoms with Gasteiger partial charge in [-0.1, -0.05) is 39.8 Å². The summed E-state index contributed by atoms with van der Waals surface area (Å²) in [4.78, 5) is 0. The van der Waals surface area contributed by atoms with Gasteiger partial charge >= 0.3 is 0 Å². The van der Waals surface area contributed by atoms with Crippen molar-refractivity contribution in [2.45, 2.75) is 74.0 Å². The Balaban J connectivity index is 4.17. The molecule has 0 spiro atoms.